The molecule has 0 N–H and O–H groups in total. The lowest BCUT2D eigenvalue weighted by Crippen LogP contribution is -2.34. The summed E-state index contributed by atoms with van der Waals surface area (Å²) >= 11 is 0. The van der Waals surface area contributed by atoms with Crippen molar-refractivity contribution in [2.45, 2.75) is 132 Å². The van der Waals surface area contributed by atoms with E-state index in [1.54, 1.807) is 6.92 Å². The van der Waals surface area contributed by atoms with Crippen molar-refractivity contribution in [1.82, 2.24) is 0 Å². The Morgan fingerprint density at radius 3 is 1.90 bits per heavy atom. The van der Waals surface area contributed by atoms with Crippen molar-refractivity contribution in [3.63, 3.8) is 0 Å². The minimum absolute atomic E-state index is 0.370. The van der Waals surface area contributed by atoms with E-state index in [4.69, 9.17) is 4.74 Å². The fraction of sp³-hybridized carbons (Fsp3) is 0.964. The van der Waals surface area contributed by atoms with E-state index in [1.807, 2.05) is 0 Å². The summed E-state index contributed by atoms with van der Waals surface area (Å²) in [7, 11) is -1.42. The van der Waals surface area contributed by atoms with E-state index >= 15 is 0 Å². The number of rotatable bonds is 16. The first-order valence-corrected chi connectivity index (χ1v) is 16.0. The molecule has 0 aromatic heterocycles. The Balaban J connectivity index is 4.73. The Bertz CT molecular complexity index is 482. The summed E-state index contributed by atoms with van der Waals surface area (Å²) in [5.74, 6) is 2.51. The van der Waals surface area contributed by atoms with Crippen LogP contribution in [-0.2, 0) is 9.53 Å². The Hall–Kier alpha value is -0.153. The Morgan fingerprint density at radius 1 is 0.903 bits per heavy atom. The molecule has 186 valence electrons. The predicted molar refractivity (Wildman–Crippen MR) is 142 cm³/mol. The molecule has 0 aromatic carbocycles. The molecule has 0 rings (SSSR count). The largest absolute Gasteiger partial charge is 0.381 e. The van der Waals surface area contributed by atoms with E-state index in [9.17, 15) is 4.79 Å². The van der Waals surface area contributed by atoms with Crippen molar-refractivity contribution < 1.29 is 9.53 Å². The fourth-order valence-corrected chi connectivity index (χ4v) is 9.40. The first kappa shape index (κ1) is 30.8. The van der Waals surface area contributed by atoms with Gasteiger partial charge in [0.2, 0.25) is 0 Å². The van der Waals surface area contributed by atoms with E-state index in [0.29, 0.717) is 28.4 Å². The highest BCUT2D eigenvalue weighted by molar-refractivity contribution is 6.82. The standard InChI is InChI=1S/C28H58O2Si/c1-12-31(13-2,22-25(5)29)18-14-17-30-21-26(24(4)20-28(9,10)11)16-15-23(3)19-27(6,7)8/h23-24,26H,12-22H2,1-11H3. The second kappa shape index (κ2) is 14.2. The number of Topliss-reactive ketones (excluding diaryl/α,β-unsaturated/α-hetero) is 1. The summed E-state index contributed by atoms with van der Waals surface area (Å²) in [5.41, 5.74) is 0.784. The molecule has 3 heteroatoms. The maximum atomic E-state index is 11.8. The molecule has 0 aliphatic rings. The number of hydrogen-bond acceptors (Lipinski definition) is 2. The Labute approximate surface area is 197 Å². The van der Waals surface area contributed by atoms with Crippen LogP contribution < -0.4 is 0 Å². The van der Waals surface area contributed by atoms with Gasteiger partial charge in [0.25, 0.3) is 0 Å². The molecular formula is C28H58O2Si. The number of carbonyl (C=O) groups excluding carboxylic acids is 1. The smallest absolute Gasteiger partial charge is 0.127 e. The molecule has 0 aliphatic heterocycles. The van der Waals surface area contributed by atoms with E-state index in [-0.39, 0.29) is 0 Å². The summed E-state index contributed by atoms with van der Waals surface area (Å²) in [5, 5.41) is 0. The van der Waals surface area contributed by atoms with Crippen LogP contribution >= 0.6 is 0 Å². The molecule has 3 unspecified atom stereocenters. The average molecular weight is 455 g/mol. The summed E-state index contributed by atoms with van der Waals surface area (Å²) in [6.07, 6.45) is 6.27. The first-order chi connectivity index (χ1) is 14.1. The van der Waals surface area contributed by atoms with Crippen LogP contribution in [0, 0.1) is 28.6 Å². The molecule has 0 radical (unpaired) electrons. The van der Waals surface area contributed by atoms with Gasteiger partial charge in [-0.2, -0.15) is 0 Å². The van der Waals surface area contributed by atoms with E-state index in [2.05, 4.69) is 69.2 Å². The Kier molecular flexibility index (Phi) is 14.1. The molecule has 0 spiro atoms. The van der Waals surface area contributed by atoms with Gasteiger partial charge in [0.05, 0.1) is 8.07 Å². The molecule has 31 heavy (non-hydrogen) atoms. The summed E-state index contributed by atoms with van der Waals surface area (Å²) in [6.45, 7) is 27.1. The summed E-state index contributed by atoms with van der Waals surface area (Å²) < 4.78 is 6.29. The van der Waals surface area contributed by atoms with Gasteiger partial charge in [-0.05, 0) is 61.2 Å². The van der Waals surface area contributed by atoms with Gasteiger partial charge < -0.3 is 9.53 Å². The molecule has 0 saturated heterocycles. The van der Waals surface area contributed by atoms with Crippen LogP contribution in [-0.4, -0.2) is 27.1 Å². The first-order valence-electron chi connectivity index (χ1n) is 13.2. The maximum Gasteiger partial charge on any atom is 0.127 e. The minimum atomic E-state index is -1.42. The second-order valence-corrected chi connectivity index (χ2v) is 18.5. The molecule has 0 aliphatic carbocycles. The van der Waals surface area contributed by atoms with Gasteiger partial charge in [0.1, 0.15) is 5.78 Å². The zero-order chi connectivity index (χ0) is 24.3. The molecule has 0 amide bonds. The SMILES string of the molecule is CC[Si](CC)(CCCOCC(CCC(C)CC(C)(C)C)C(C)CC(C)(C)C)CC(C)=O. The molecular weight excluding hydrogens is 396 g/mol. The lowest BCUT2D eigenvalue weighted by atomic mass is 9.76. The van der Waals surface area contributed by atoms with Crippen LogP contribution in [0.3, 0.4) is 0 Å². The number of ether oxygens (including phenoxy) is 1. The van der Waals surface area contributed by atoms with Gasteiger partial charge >= 0.3 is 0 Å². The lowest BCUT2D eigenvalue weighted by Gasteiger charge is -2.32. The number of ketones is 1. The van der Waals surface area contributed by atoms with Gasteiger partial charge in [-0.15, -0.1) is 0 Å². The van der Waals surface area contributed by atoms with E-state index in [1.165, 1.54) is 43.8 Å². The van der Waals surface area contributed by atoms with Crippen molar-refractivity contribution in [3.05, 3.63) is 0 Å². The van der Waals surface area contributed by atoms with Crippen molar-refractivity contribution in [1.29, 1.82) is 0 Å². The lowest BCUT2D eigenvalue weighted by molar-refractivity contribution is -0.115. The van der Waals surface area contributed by atoms with E-state index in [0.717, 1.165) is 31.6 Å². The van der Waals surface area contributed by atoms with Crippen molar-refractivity contribution in [3.8, 4) is 0 Å². The quantitative estimate of drug-likeness (QED) is 0.172. The van der Waals surface area contributed by atoms with Crippen LogP contribution in [0.5, 0.6) is 0 Å². The maximum absolute atomic E-state index is 11.8. The molecule has 0 fully saturated rings. The molecule has 0 bridgehead atoms. The minimum Gasteiger partial charge on any atom is -0.381 e. The van der Waals surface area contributed by atoms with Crippen molar-refractivity contribution in [2.24, 2.45) is 28.6 Å². The highest BCUT2D eigenvalue weighted by atomic mass is 28.3. The van der Waals surface area contributed by atoms with E-state index < -0.39 is 8.07 Å². The Morgan fingerprint density at radius 2 is 1.45 bits per heavy atom. The topological polar surface area (TPSA) is 26.3 Å². The van der Waals surface area contributed by atoms with Gasteiger partial charge in [0, 0.05) is 19.3 Å². The zero-order valence-corrected chi connectivity index (χ0v) is 24.3. The molecule has 2 nitrogen and oxygen atoms in total. The summed E-state index contributed by atoms with van der Waals surface area (Å²) in [4.78, 5) is 11.8. The predicted octanol–water partition coefficient (Wildman–Crippen LogP) is 9.01. The van der Waals surface area contributed by atoms with Crippen LogP contribution in [0.25, 0.3) is 0 Å². The molecule has 0 heterocycles. The normalized spacial score (nSPS) is 16.2. The second-order valence-electron chi connectivity index (χ2n) is 13.2. The van der Waals surface area contributed by atoms with Crippen LogP contribution in [0.2, 0.25) is 24.2 Å². The number of hydrogen-bond donors (Lipinski definition) is 0. The highest BCUT2D eigenvalue weighted by Crippen LogP contribution is 2.34. The van der Waals surface area contributed by atoms with Crippen LogP contribution in [0.1, 0.15) is 108 Å². The van der Waals surface area contributed by atoms with Gasteiger partial charge in [-0.25, -0.2) is 0 Å². The zero-order valence-electron chi connectivity index (χ0n) is 23.3. The summed E-state index contributed by atoms with van der Waals surface area (Å²) in [6, 6.07) is 4.54. The fourth-order valence-electron chi connectivity index (χ4n) is 5.56. The van der Waals surface area contributed by atoms with Crippen LogP contribution in [0.15, 0.2) is 0 Å². The third-order valence-electron chi connectivity index (χ3n) is 7.18. The van der Waals surface area contributed by atoms with Crippen molar-refractivity contribution >= 4 is 13.9 Å². The van der Waals surface area contributed by atoms with Gasteiger partial charge in [-0.3, -0.25) is 0 Å². The molecule has 0 aromatic rings. The average Bonchev–Trinajstić information content (AvgIpc) is 2.59. The monoisotopic (exact) mass is 454 g/mol. The van der Waals surface area contributed by atoms with Gasteiger partial charge in [0.15, 0.2) is 0 Å². The third kappa shape index (κ3) is 15.3. The third-order valence-corrected chi connectivity index (χ3v) is 12.8. The van der Waals surface area contributed by atoms with Gasteiger partial charge in [-0.1, -0.05) is 93.8 Å². The molecule has 3 atom stereocenters. The molecule has 0 saturated carbocycles. The van der Waals surface area contributed by atoms with Crippen molar-refractivity contribution in [2.75, 3.05) is 13.2 Å². The highest BCUT2D eigenvalue weighted by Gasteiger charge is 2.30. The number of carbonyl (C=O) groups is 1. The van der Waals surface area contributed by atoms with Crippen LogP contribution in [0.4, 0.5) is 0 Å².